The molecule has 0 heterocycles. The second-order valence-corrected chi connectivity index (χ2v) is 5.34. The molecule has 3 nitrogen and oxygen atoms in total. The first-order chi connectivity index (χ1) is 7.59. The van der Waals surface area contributed by atoms with Gasteiger partial charge < -0.3 is 10.6 Å². The van der Waals surface area contributed by atoms with Crippen LogP contribution in [0.1, 0.15) is 59.3 Å². The zero-order valence-corrected chi connectivity index (χ0v) is 10.9. The molecule has 2 N–H and O–H groups in total. The minimum absolute atomic E-state index is 0.00750. The van der Waals surface area contributed by atoms with Crippen LogP contribution in [-0.2, 0) is 0 Å². The highest BCUT2D eigenvalue weighted by molar-refractivity contribution is 5.74. The SMILES string of the molecule is CC(C)C(C)NC(=O)NC1CCCCCC1. The Labute approximate surface area is 99.4 Å². The average Bonchev–Trinajstić information content (AvgIpc) is 2.45. The van der Waals surface area contributed by atoms with E-state index >= 15 is 0 Å². The zero-order valence-electron chi connectivity index (χ0n) is 10.9. The van der Waals surface area contributed by atoms with Gasteiger partial charge in [-0.15, -0.1) is 0 Å². The molecule has 0 aliphatic heterocycles. The molecule has 0 saturated heterocycles. The number of urea groups is 1. The lowest BCUT2D eigenvalue weighted by Gasteiger charge is -2.21. The van der Waals surface area contributed by atoms with Crippen LogP contribution in [-0.4, -0.2) is 18.1 Å². The standard InChI is InChI=1S/C13H26N2O/c1-10(2)11(3)14-13(16)15-12-8-6-4-5-7-9-12/h10-12H,4-9H2,1-3H3,(H2,14,15,16). The molecule has 1 fully saturated rings. The van der Waals surface area contributed by atoms with E-state index in [9.17, 15) is 4.79 Å². The van der Waals surface area contributed by atoms with Crippen molar-refractivity contribution in [3.63, 3.8) is 0 Å². The minimum atomic E-state index is 0.00750. The number of carbonyl (C=O) groups is 1. The van der Waals surface area contributed by atoms with Crippen LogP contribution in [0.2, 0.25) is 0 Å². The first-order valence-corrected chi connectivity index (χ1v) is 6.66. The van der Waals surface area contributed by atoms with Crippen molar-refractivity contribution in [3.05, 3.63) is 0 Å². The summed E-state index contributed by atoms with van der Waals surface area (Å²) in [5.74, 6) is 0.486. The fourth-order valence-corrected chi connectivity index (χ4v) is 2.02. The van der Waals surface area contributed by atoms with E-state index in [4.69, 9.17) is 0 Å². The molecule has 0 aromatic heterocycles. The normalized spacial score (nSPS) is 20.2. The lowest BCUT2D eigenvalue weighted by Crippen LogP contribution is -2.46. The number of hydrogen-bond donors (Lipinski definition) is 2. The molecule has 1 aliphatic carbocycles. The Morgan fingerprint density at radius 3 is 2.12 bits per heavy atom. The average molecular weight is 226 g/mol. The summed E-state index contributed by atoms with van der Waals surface area (Å²) in [5.41, 5.74) is 0. The topological polar surface area (TPSA) is 41.1 Å². The fourth-order valence-electron chi connectivity index (χ4n) is 2.02. The number of amides is 2. The summed E-state index contributed by atoms with van der Waals surface area (Å²) < 4.78 is 0. The molecule has 0 bridgehead atoms. The Morgan fingerprint density at radius 1 is 1.06 bits per heavy atom. The van der Waals surface area contributed by atoms with Crippen molar-refractivity contribution in [2.75, 3.05) is 0 Å². The van der Waals surface area contributed by atoms with Crippen molar-refractivity contribution in [2.45, 2.75) is 71.4 Å². The van der Waals surface area contributed by atoms with E-state index in [2.05, 4.69) is 31.4 Å². The van der Waals surface area contributed by atoms with E-state index in [0.717, 1.165) is 12.8 Å². The van der Waals surface area contributed by atoms with Crippen LogP contribution < -0.4 is 10.6 Å². The van der Waals surface area contributed by atoms with E-state index in [1.54, 1.807) is 0 Å². The molecule has 1 rings (SSSR count). The largest absolute Gasteiger partial charge is 0.335 e. The van der Waals surface area contributed by atoms with E-state index < -0.39 is 0 Å². The van der Waals surface area contributed by atoms with Crippen molar-refractivity contribution < 1.29 is 4.79 Å². The van der Waals surface area contributed by atoms with Gasteiger partial charge in [-0.2, -0.15) is 0 Å². The molecule has 1 unspecified atom stereocenters. The van der Waals surface area contributed by atoms with Gasteiger partial charge in [-0.25, -0.2) is 4.79 Å². The second-order valence-electron chi connectivity index (χ2n) is 5.34. The first kappa shape index (κ1) is 13.3. The molecular weight excluding hydrogens is 200 g/mol. The highest BCUT2D eigenvalue weighted by Crippen LogP contribution is 2.17. The Morgan fingerprint density at radius 2 is 1.62 bits per heavy atom. The van der Waals surface area contributed by atoms with Crippen molar-refractivity contribution in [1.82, 2.24) is 10.6 Å². The lowest BCUT2D eigenvalue weighted by molar-refractivity contribution is 0.229. The summed E-state index contributed by atoms with van der Waals surface area (Å²) in [5, 5.41) is 6.09. The molecule has 0 radical (unpaired) electrons. The van der Waals surface area contributed by atoms with Crippen LogP contribution in [0.3, 0.4) is 0 Å². The summed E-state index contributed by atoms with van der Waals surface area (Å²) in [7, 11) is 0. The van der Waals surface area contributed by atoms with Gasteiger partial charge in [0.2, 0.25) is 0 Å². The van der Waals surface area contributed by atoms with Gasteiger partial charge in [0.1, 0.15) is 0 Å². The van der Waals surface area contributed by atoms with Gasteiger partial charge in [-0.3, -0.25) is 0 Å². The molecular formula is C13H26N2O. The third-order valence-electron chi connectivity index (χ3n) is 3.55. The van der Waals surface area contributed by atoms with E-state index in [1.165, 1.54) is 25.7 Å². The highest BCUT2D eigenvalue weighted by Gasteiger charge is 2.16. The Hall–Kier alpha value is -0.730. The molecule has 94 valence electrons. The van der Waals surface area contributed by atoms with Crippen LogP contribution in [0.15, 0.2) is 0 Å². The zero-order chi connectivity index (χ0) is 12.0. The van der Waals surface area contributed by atoms with Gasteiger partial charge in [0.05, 0.1) is 0 Å². The maximum atomic E-state index is 11.7. The van der Waals surface area contributed by atoms with Crippen LogP contribution in [0.4, 0.5) is 4.79 Å². The molecule has 2 amide bonds. The summed E-state index contributed by atoms with van der Waals surface area (Å²) in [6.07, 6.45) is 7.44. The molecule has 0 spiro atoms. The molecule has 1 saturated carbocycles. The third kappa shape index (κ3) is 4.86. The van der Waals surface area contributed by atoms with Gasteiger partial charge in [-0.1, -0.05) is 39.5 Å². The van der Waals surface area contributed by atoms with E-state index in [0.29, 0.717) is 12.0 Å². The van der Waals surface area contributed by atoms with Gasteiger partial charge in [0.15, 0.2) is 0 Å². The number of hydrogen-bond acceptors (Lipinski definition) is 1. The van der Waals surface area contributed by atoms with Gasteiger partial charge >= 0.3 is 6.03 Å². The third-order valence-corrected chi connectivity index (χ3v) is 3.55. The summed E-state index contributed by atoms with van der Waals surface area (Å²) in [4.78, 5) is 11.7. The van der Waals surface area contributed by atoms with Gasteiger partial charge in [0.25, 0.3) is 0 Å². The van der Waals surface area contributed by atoms with Crippen LogP contribution in [0.5, 0.6) is 0 Å². The monoisotopic (exact) mass is 226 g/mol. The van der Waals surface area contributed by atoms with Crippen molar-refractivity contribution in [2.24, 2.45) is 5.92 Å². The van der Waals surface area contributed by atoms with Crippen LogP contribution in [0.25, 0.3) is 0 Å². The maximum absolute atomic E-state index is 11.7. The van der Waals surface area contributed by atoms with Crippen LogP contribution >= 0.6 is 0 Å². The van der Waals surface area contributed by atoms with E-state index in [1.807, 2.05) is 0 Å². The predicted molar refractivity (Wildman–Crippen MR) is 67.5 cm³/mol. The molecule has 1 aliphatic rings. The molecule has 3 heteroatoms. The van der Waals surface area contributed by atoms with Crippen LogP contribution in [0, 0.1) is 5.92 Å². The Bertz CT molecular complexity index is 208. The van der Waals surface area contributed by atoms with Crippen molar-refractivity contribution >= 4 is 6.03 Å². The van der Waals surface area contributed by atoms with E-state index in [-0.39, 0.29) is 12.1 Å². The Kier molecular flexibility index (Phi) is 5.64. The quantitative estimate of drug-likeness (QED) is 0.713. The number of carbonyl (C=O) groups excluding carboxylic acids is 1. The summed E-state index contributed by atoms with van der Waals surface area (Å²) >= 11 is 0. The maximum Gasteiger partial charge on any atom is 0.315 e. The lowest BCUT2D eigenvalue weighted by atomic mass is 10.1. The molecule has 16 heavy (non-hydrogen) atoms. The smallest absolute Gasteiger partial charge is 0.315 e. The number of nitrogens with one attached hydrogen (secondary N) is 2. The Balaban J connectivity index is 2.26. The van der Waals surface area contributed by atoms with Crippen molar-refractivity contribution in [1.29, 1.82) is 0 Å². The minimum Gasteiger partial charge on any atom is -0.335 e. The molecule has 0 aromatic rings. The first-order valence-electron chi connectivity index (χ1n) is 6.66. The second kappa shape index (κ2) is 6.77. The number of rotatable bonds is 3. The van der Waals surface area contributed by atoms with Crippen molar-refractivity contribution in [3.8, 4) is 0 Å². The summed E-state index contributed by atoms with van der Waals surface area (Å²) in [6, 6.07) is 0.640. The van der Waals surface area contributed by atoms with Gasteiger partial charge in [0, 0.05) is 12.1 Å². The van der Waals surface area contributed by atoms with Gasteiger partial charge in [-0.05, 0) is 25.7 Å². The molecule has 0 aromatic carbocycles. The fraction of sp³-hybridized carbons (Fsp3) is 0.923. The highest BCUT2D eigenvalue weighted by atomic mass is 16.2. The summed E-state index contributed by atoms with van der Waals surface area (Å²) in [6.45, 7) is 6.30. The molecule has 1 atom stereocenters. The predicted octanol–water partition coefficient (Wildman–Crippen LogP) is 3.05.